The number of nitrogens with one attached hydrogen (secondary N) is 1. The van der Waals surface area contributed by atoms with E-state index in [1.165, 1.54) is 22.1 Å². The van der Waals surface area contributed by atoms with Crippen LogP contribution in [-0.2, 0) is 6.54 Å². The van der Waals surface area contributed by atoms with E-state index in [1.54, 1.807) is 0 Å². The van der Waals surface area contributed by atoms with E-state index >= 15 is 0 Å². The number of anilines is 1. The normalized spacial score (nSPS) is 11.1. The Morgan fingerprint density at radius 1 is 1.16 bits per heavy atom. The summed E-state index contributed by atoms with van der Waals surface area (Å²) in [7, 11) is 6.34. The molecule has 0 spiro atoms. The van der Waals surface area contributed by atoms with Gasteiger partial charge in [0.2, 0.25) is 0 Å². The molecule has 1 N–H and O–H groups in total. The number of benzene rings is 1. The van der Waals surface area contributed by atoms with Crippen molar-refractivity contribution < 1.29 is 0 Å². The summed E-state index contributed by atoms with van der Waals surface area (Å²) in [4.78, 5) is 4.49. The highest BCUT2D eigenvalue weighted by molar-refractivity contribution is 9.10. The van der Waals surface area contributed by atoms with Gasteiger partial charge in [0.25, 0.3) is 0 Å². The topological polar surface area (TPSA) is 18.5 Å². The molecule has 3 nitrogen and oxygen atoms in total. The minimum absolute atomic E-state index is 0.939. The first kappa shape index (κ1) is 16.5. The predicted octanol–water partition coefficient (Wildman–Crippen LogP) is 2.95. The lowest BCUT2D eigenvalue weighted by molar-refractivity contribution is 0.416. The summed E-state index contributed by atoms with van der Waals surface area (Å²) in [5.41, 5.74) is 2.58. The van der Waals surface area contributed by atoms with E-state index in [-0.39, 0.29) is 0 Å². The van der Waals surface area contributed by atoms with Crippen molar-refractivity contribution in [3.05, 3.63) is 28.2 Å². The number of likely N-dealkylation sites (N-methyl/N-ethyl adjacent to an activating group) is 2. The van der Waals surface area contributed by atoms with Crippen LogP contribution in [0.15, 0.2) is 22.7 Å². The van der Waals surface area contributed by atoms with Crippen molar-refractivity contribution in [3.63, 3.8) is 0 Å². The van der Waals surface area contributed by atoms with Gasteiger partial charge in [-0.25, -0.2) is 0 Å². The van der Waals surface area contributed by atoms with Gasteiger partial charge in [-0.15, -0.1) is 0 Å². The number of rotatable bonds is 8. The smallest absolute Gasteiger partial charge is 0.0508 e. The number of hydrogen-bond acceptors (Lipinski definition) is 3. The molecule has 0 saturated carbocycles. The van der Waals surface area contributed by atoms with Gasteiger partial charge in [0.15, 0.2) is 0 Å². The molecule has 0 bridgehead atoms. The second-order valence-electron chi connectivity index (χ2n) is 5.19. The Bertz CT molecular complexity index is 380. The fourth-order valence-electron chi connectivity index (χ4n) is 1.85. The van der Waals surface area contributed by atoms with Gasteiger partial charge < -0.3 is 15.1 Å². The molecule has 0 aliphatic heterocycles. The lowest BCUT2D eigenvalue weighted by Gasteiger charge is -2.23. The van der Waals surface area contributed by atoms with Gasteiger partial charge >= 0.3 is 0 Å². The summed E-state index contributed by atoms with van der Waals surface area (Å²) in [5.74, 6) is 0. The average molecular weight is 328 g/mol. The fourth-order valence-corrected chi connectivity index (χ4v) is 2.58. The molecule has 0 radical (unpaired) electrons. The molecule has 0 heterocycles. The van der Waals surface area contributed by atoms with Gasteiger partial charge in [0.1, 0.15) is 0 Å². The number of halogens is 1. The maximum atomic E-state index is 3.68. The van der Waals surface area contributed by atoms with E-state index in [0.29, 0.717) is 0 Å². The molecule has 108 valence electrons. The van der Waals surface area contributed by atoms with E-state index in [0.717, 1.165) is 26.2 Å². The third-order valence-corrected chi connectivity index (χ3v) is 3.70. The molecule has 0 unspecified atom stereocenters. The third kappa shape index (κ3) is 5.93. The van der Waals surface area contributed by atoms with E-state index in [9.17, 15) is 0 Å². The molecule has 0 aromatic heterocycles. The number of hydrogen-bond donors (Lipinski definition) is 1. The monoisotopic (exact) mass is 327 g/mol. The van der Waals surface area contributed by atoms with Crippen molar-refractivity contribution >= 4 is 21.6 Å². The van der Waals surface area contributed by atoms with Crippen LogP contribution in [0.1, 0.15) is 18.9 Å². The van der Waals surface area contributed by atoms with Crippen molar-refractivity contribution in [2.24, 2.45) is 0 Å². The van der Waals surface area contributed by atoms with Crippen LogP contribution in [0.5, 0.6) is 0 Å². The molecular weight excluding hydrogens is 302 g/mol. The van der Waals surface area contributed by atoms with Crippen LogP contribution in [0.2, 0.25) is 0 Å². The zero-order valence-electron chi connectivity index (χ0n) is 12.5. The van der Waals surface area contributed by atoms with Crippen LogP contribution in [-0.4, -0.2) is 45.7 Å². The standard InChI is InChI=1S/C15H26BrN3/c1-5-8-17-12-13-6-7-15(14(16)11-13)19(4)10-9-18(2)3/h6-7,11,17H,5,8-10,12H2,1-4H3. The van der Waals surface area contributed by atoms with Gasteiger partial charge in [-0.1, -0.05) is 13.0 Å². The van der Waals surface area contributed by atoms with Crippen LogP contribution in [0.4, 0.5) is 5.69 Å². The zero-order valence-corrected chi connectivity index (χ0v) is 14.1. The molecule has 1 rings (SSSR count). The quantitative estimate of drug-likeness (QED) is 0.740. The van der Waals surface area contributed by atoms with E-state index in [4.69, 9.17) is 0 Å². The van der Waals surface area contributed by atoms with Crippen molar-refractivity contribution in [2.45, 2.75) is 19.9 Å². The minimum atomic E-state index is 0.939. The summed E-state index contributed by atoms with van der Waals surface area (Å²) in [5, 5.41) is 3.43. The Kier molecular flexibility index (Phi) is 7.42. The highest BCUT2D eigenvalue weighted by Crippen LogP contribution is 2.26. The summed E-state index contributed by atoms with van der Waals surface area (Å²) in [6, 6.07) is 6.61. The maximum absolute atomic E-state index is 3.68. The molecule has 1 aromatic carbocycles. The van der Waals surface area contributed by atoms with E-state index in [1.807, 2.05) is 0 Å². The molecule has 0 fully saturated rings. The summed E-state index contributed by atoms with van der Waals surface area (Å²) in [6.45, 7) is 6.28. The van der Waals surface area contributed by atoms with Crippen molar-refractivity contribution in [2.75, 3.05) is 45.7 Å². The first-order chi connectivity index (χ1) is 9.04. The largest absolute Gasteiger partial charge is 0.372 e. The van der Waals surface area contributed by atoms with Crippen molar-refractivity contribution in [1.29, 1.82) is 0 Å². The molecule has 0 aliphatic rings. The first-order valence-corrected chi connectivity index (χ1v) is 7.69. The Labute approximate surface area is 126 Å². The SMILES string of the molecule is CCCNCc1ccc(N(C)CCN(C)C)c(Br)c1. The highest BCUT2D eigenvalue weighted by atomic mass is 79.9. The van der Waals surface area contributed by atoms with E-state index in [2.05, 4.69) is 77.3 Å². The summed E-state index contributed by atoms with van der Waals surface area (Å²) < 4.78 is 1.17. The van der Waals surface area contributed by atoms with Crippen LogP contribution in [0, 0.1) is 0 Å². The highest BCUT2D eigenvalue weighted by Gasteiger charge is 2.06. The fraction of sp³-hybridized carbons (Fsp3) is 0.600. The van der Waals surface area contributed by atoms with Crippen LogP contribution in [0.25, 0.3) is 0 Å². The Balaban J connectivity index is 2.60. The van der Waals surface area contributed by atoms with Gasteiger partial charge in [-0.05, 0) is 60.7 Å². The Morgan fingerprint density at radius 3 is 2.47 bits per heavy atom. The summed E-state index contributed by atoms with van der Waals surface area (Å²) in [6.07, 6.45) is 1.17. The van der Waals surface area contributed by atoms with Crippen LogP contribution in [0.3, 0.4) is 0 Å². The van der Waals surface area contributed by atoms with Gasteiger partial charge in [-0.2, -0.15) is 0 Å². The first-order valence-electron chi connectivity index (χ1n) is 6.89. The molecule has 1 aromatic rings. The predicted molar refractivity (Wildman–Crippen MR) is 88.0 cm³/mol. The van der Waals surface area contributed by atoms with Crippen LogP contribution < -0.4 is 10.2 Å². The second kappa shape index (κ2) is 8.56. The van der Waals surface area contributed by atoms with Gasteiger partial charge in [0, 0.05) is 31.2 Å². The van der Waals surface area contributed by atoms with Gasteiger partial charge in [0.05, 0.1) is 5.69 Å². The molecule has 19 heavy (non-hydrogen) atoms. The molecule has 0 atom stereocenters. The number of nitrogens with zero attached hydrogens (tertiary/aromatic N) is 2. The van der Waals surface area contributed by atoms with Crippen molar-refractivity contribution in [3.8, 4) is 0 Å². The van der Waals surface area contributed by atoms with Gasteiger partial charge in [-0.3, -0.25) is 0 Å². The third-order valence-electron chi connectivity index (χ3n) is 3.06. The van der Waals surface area contributed by atoms with Crippen molar-refractivity contribution in [1.82, 2.24) is 10.2 Å². The zero-order chi connectivity index (χ0) is 14.3. The Morgan fingerprint density at radius 2 is 1.89 bits per heavy atom. The minimum Gasteiger partial charge on any atom is -0.372 e. The molecule has 0 aliphatic carbocycles. The molecule has 0 amide bonds. The molecule has 0 saturated heterocycles. The maximum Gasteiger partial charge on any atom is 0.0508 e. The Hall–Kier alpha value is -0.580. The van der Waals surface area contributed by atoms with E-state index < -0.39 is 0 Å². The molecular formula is C15H26BrN3. The van der Waals surface area contributed by atoms with Crippen LogP contribution >= 0.6 is 15.9 Å². The molecule has 4 heteroatoms. The lowest BCUT2D eigenvalue weighted by atomic mass is 10.2. The average Bonchev–Trinajstić information content (AvgIpc) is 2.36. The lowest BCUT2D eigenvalue weighted by Crippen LogP contribution is -2.28. The summed E-state index contributed by atoms with van der Waals surface area (Å²) >= 11 is 3.68. The second-order valence-corrected chi connectivity index (χ2v) is 6.04.